The van der Waals surface area contributed by atoms with Gasteiger partial charge in [0.05, 0.1) is 11.3 Å². The second kappa shape index (κ2) is 3.30. The van der Waals surface area contributed by atoms with Gasteiger partial charge in [-0.1, -0.05) is 13.8 Å². The molecule has 1 N–H and O–H groups in total. The smallest absolute Gasteiger partial charge is 0.339 e. The average Bonchev–Trinajstić information content (AvgIpc) is 2.04. The van der Waals surface area contributed by atoms with Crippen molar-refractivity contribution < 1.29 is 9.90 Å². The Bertz CT molecular complexity index is 297. The van der Waals surface area contributed by atoms with E-state index in [1.165, 1.54) is 12.5 Å². The molecule has 1 aromatic rings. The minimum absolute atomic E-state index is 0.110. The van der Waals surface area contributed by atoms with Crippen LogP contribution in [0.2, 0.25) is 0 Å². The van der Waals surface area contributed by atoms with Crippen LogP contribution in [-0.4, -0.2) is 21.0 Å². The van der Waals surface area contributed by atoms with E-state index in [1.54, 1.807) is 0 Å². The van der Waals surface area contributed by atoms with E-state index in [0.717, 1.165) is 0 Å². The summed E-state index contributed by atoms with van der Waals surface area (Å²) < 4.78 is 0. The highest BCUT2D eigenvalue weighted by atomic mass is 16.4. The van der Waals surface area contributed by atoms with Crippen molar-refractivity contribution in [2.45, 2.75) is 19.8 Å². The van der Waals surface area contributed by atoms with Gasteiger partial charge in [0.25, 0.3) is 0 Å². The highest BCUT2D eigenvalue weighted by molar-refractivity contribution is 5.88. The van der Waals surface area contributed by atoms with Gasteiger partial charge >= 0.3 is 5.97 Å². The number of aromatic nitrogens is 2. The zero-order valence-corrected chi connectivity index (χ0v) is 6.98. The van der Waals surface area contributed by atoms with E-state index in [1.807, 2.05) is 13.8 Å². The van der Waals surface area contributed by atoms with Crippen LogP contribution in [0.4, 0.5) is 0 Å². The number of carboxylic acid groups (broad SMARTS) is 1. The highest BCUT2D eigenvalue weighted by Crippen LogP contribution is 2.14. The van der Waals surface area contributed by atoms with E-state index >= 15 is 0 Å². The number of hydrogen-bond donors (Lipinski definition) is 1. The maximum atomic E-state index is 10.6. The third-order valence-electron chi connectivity index (χ3n) is 1.52. The summed E-state index contributed by atoms with van der Waals surface area (Å²) in [6.07, 6.45) is 2.69. The lowest BCUT2D eigenvalue weighted by atomic mass is 10.1. The molecule has 4 nitrogen and oxygen atoms in total. The Hall–Kier alpha value is -1.45. The Morgan fingerprint density at radius 3 is 2.67 bits per heavy atom. The molecule has 4 heteroatoms. The summed E-state index contributed by atoms with van der Waals surface area (Å²) in [4.78, 5) is 18.2. The Balaban J connectivity index is 3.17. The zero-order valence-electron chi connectivity index (χ0n) is 6.98. The molecule has 0 aliphatic rings. The molecular weight excluding hydrogens is 156 g/mol. The van der Waals surface area contributed by atoms with E-state index in [9.17, 15) is 4.79 Å². The predicted molar refractivity (Wildman–Crippen MR) is 43.1 cm³/mol. The van der Waals surface area contributed by atoms with Crippen LogP contribution in [-0.2, 0) is 0 Å². The minimum Gasteiger partial charge on any atom is -0.478 e. The van der Waals surface area contributed by atoms with Crippen molar-refractivity contribution in [2.24, 2.45) is 0 Å². The third kappa shape index (κ3) is 1.58. The first-order chi connectivity index (χ1) is 5.63. The summed E-state index contributed by atoms with van der Waals surface area (Å²) in [5, 5.41) is 8.73. The lowest BCUT2D eigenvalue weighted by molar-refractivity contribution is 0.0694. The molecule has 0 saturated carbocycles. The Labute approximate surface area is 70.3 Å². The van der Waals surface area contributed by atoms with Gasteiger partial charge in [-0.15, -0.1) is 0 Å². The van der Waals surface area contributed by atoms with Gasteiger partial charge in [-0.3, -0.25) is 0 Å². The number of carboxylic acids is 1. The van der Waals surface area contributed by atoms with E-state index < -0.39 is 5.97 Å². The van der Waals surface area contributed by atoms with E-state index in [4.69, 9.17) is 5.11 Å². The average molecular weight is 166 g/mol. The molecule has 0 unspecified atom stereocenters. The van der Waals surface area contributed by atoms with Crippen LogP contribution in [0.15, 0.2) is 12.5 Å². The van der Waals surface area contributed by atoms with E-state index in [2.05, 4.69) is 9.97 Å². The monoisotopic (exact) mass is 166 g/mol. The van der Waals surface area contributed by atoms with Gasteiger partial charge in [0.15, 0.2) is 0 Å². The summed E-state index contributed by atoms with van der Waals surface area (Å²) >= 11 is 0. The molecule has 64 valence electrons. The highest BCUT2D eigenvalue weighted by Gasteiger charge is 2.13. The van der Waals surface area contributed by atoms with E-state index in [-0.39, 0.29) is 11.5 Å². The topological polar surface area (TPSA) is 63.1 Å². The standard InChI is InChI=1S/C8H10N2O2/c1-5(2)7-6(8(11)12)3-9-4-10-7/h3-5H,1-2H3,(H,11,12). The van der Waals surface area contributed by atoms with Crippen molar-refractivity contribution in [1.29, 1.82) is 0 Å². The van der Waals surface area contributed by atoms with Gasteiger partial charge < -0.3 is 5.11 Å². The Morgan fingerprint density at radius 2 is 2.25 bits per heavy atom. The maximum Gasteiger partial charge on any atom is 0.339 e. The first kappa shape index (κ1) is 8.64. The fraction of sp³-hybridized carbons (Fsp3) is 0.375. The molecule has 0 aliphatic heterocycles. The van der Waals surface area contributed by atoms with Crippen LogP contribution in [0, 0.1) is 0 Å². The van der Waals surface area contributed by atoms with Gasteiger partial charge in [0, 0.05) is 6.20 Å². The number of nitrogens with zero attached hydrogens (tertiary/aromatic N) is 2. The van der Waals surface area contributed by atoms with E-state index in [0.29, 0.717) is 5.69 Å². The SMILES string of the molecule is CC(C)c1ncncc1C(=O)O. The summed E-state index contributed by atoms with van der Waals surface area (Å²) in [6.45, 7) is 3.80. The van der Waals surface area contributed by atoms with Gasteiger partial charge in [-0.25, -0.2) is 14.8 Å². The van der Waals surface area contributed by atoms with Crippen molar-refractivity contribution in [1.82, 2.24) is 9.97 Å². The van der Waals surface area contributed by atoms with Crippen LogP contribution in [0.5, 0.6) is 0 Å². The molecule has 1 rings (SSSR count). The van der Waals surface area contributed by atoms with Crippen molar-refractivity contribution >= 4 is 5.97 Å². The molecule has 12 heavy (non-hydrogen) atoms. The van der Waals surface area contributed by atoms with Crippen molar-refractivity contribution in [2.75, 3.05) is 0 Å². The van der Waals surface area contributed by atoms with Crippen molar-refractivity contribution in [3.63, 3.8) is 0 Å². The second-order valence-electron chi connectivity index (χ2n) is 2.78. The van der Waals surface area contributed by atoms with Gasteiger partial charge in [-0.05, 0) is 5.92 Å². The minimum atomic E-state index is -0.973. The summed E-state index contributed by atoms with van der Waals surface area (Å²) in [6, 6.07) is 0. The van der Waals surface area contributed by atoms with Gasteiger partial charge in [0.1, 0.15) is 6.33 Å². The van der Waals surface area contributed by atoms with Gasteiger partial charge in [0.2, 0.25) is 0 Å². The second-order valence-corrected chi connectivity index (χ2v) is 2.78. The molecule has 0 aliphatic carbocycles. The molecule has 0 bridgehead atoms. The van der Waals surface area contributed by atoms with Crippen molar-refractivity contribution in [3.8, 4) is 0 Å². The molecule has 0 amide bonds. The predicted octanol–water partition coefficient (Wildman–Crippen LogP) is 1.30. The first-order valence-corrected chi connectivity index (χ1v) is 3.66. The van der Waals surface area contributed by atoms with Crippen LogP contribution in [0.1, 0.15) is 35.8 Å². The molecule has 0 aromatic carbocycles. The van der Waals surface area contributed by atoms with Gasteiger partial charge in [-0.2, -0.15) is 0 Å². The molecule has 0 spiro atoms. The molecule has 1 heterocycles. The maximum absolute atomic E-state index is 10.6. The number of rotatable bonds is 2. The number of aromatic carboxylic acids is 1. The fourth-order valence-corrected chi connectivity index (χ4v) is 0.964. The quantitative estimate of drug-likeness (QED) is 0.719. The largest absolute Gasteiger partial charge is 0.478 e. The summed E-state index contributed by atoms with van der Waals surface area (Å²) in [5.41, 5.74) is 0.769. The summed E-state index contributed by atoms with van der Waals surface area (Å²) in [7, 11) is 0. The molecular formula is C8H10N2O2. The Morgan fingerprint density at radius 1 is 1.58 bits per heavy atom. The lowest BCUT2D eigenvalue weighted by Gasteiger charge is -2.05. The zero-order chi connectivity index (χ0) is 9.14. The van der Waals surface area contributed by atoms with Crippen LogP contribution in [0.3, 0.4) is 0 Å². The van der Waals surface area contributed by atoms with Crippen LogP contribution < -0.4 is 0 Å². The molecule has 0 atom stereocenters. The molecule has 0 saturated heterocycles. The number of hydrogen-bond acceptors (Lipinski definition) is 3. The van der Waals surface area contributed by atoms with Crippen molar-refractivity contribution in [3.05, 3.63) is 23.8 Å². The first-order valence-electron chi connectivity index (χ1n) is 3.66. The van der Waals surface area contributed by atoms with Crippen LogP contribution >= 0.6 is 0 Å². The normalized spacial score (nSPS) is 10.2. The summed E-state index contributed by atoms with van der Waals surface area (Å²) in [5.74, 6) is -0.863. The molecule has 1 aromatic heterocycles. The molecule has 0 radical (unpaired) electrons. The lowest BCUT2D eigenvalue weighted by Crippen LogP contribution is -2.06. The fourth-order valence-electron chi connectivity index (χ4n) is 0.964. The number of carbonyl (C=O) groups is 1. The van der Waals surface area contributed by atoms with Crippen LogP contribution in [0.25, 0.3) is 0 Å². The molecule has 0 fully saturated rings. The Kier molecular flexibility index (Phi) is 2.38. The third-order valence-corrected chi connectivity index (χ3v) is 1.52.